The third-order valence-electron chi connectivity index (χ3n) is 6.28. The van der Waals surface area contributed by atoms with E-state index in [1.807, 2.05) is 6.92 Å². The minimum Gasteiger partial charge on any atom is -0.744 e. The van der Waals surface area contributed by atoms with Crippen LogP contribution in [0, 0.1) is 6.92 Å². The number of rotatable bonds is 18. The zero-order chi connectivity index (χ0) is 25.0. The molecule has 0 aliphatic carbocycles. The maximum Gasteiger partial charge on any atom is 0.124 e. The van der Waals surface area contributed by atoms with Gasteiger partial charge in [-0.15, -0.1) is 0 Å². The van der Waals surface area contributed by atoms with Crippen molar-refractivity contribution in [2.24, 2.45) is 0 Å². The van der Waals surface area contributed by atoms with Gasteiger partial charge < -0.3 is 9.04 Å². The fourth-order valence-corrected chi connectivity index (χ4v) is 5.02. The lowest BCUT2D eigenvalue weighted by molar-refractivity contribution is -0.929. The van der Waals surface area contributed by atoms with Gasteiger partial charge in [0.2, 0.25) is 0 Å². The van der Waals surface area contributed by atoms with Crippen LogP contribution < -0.4 is 0 Å². The number of hydrogen-bond acceptors (Lipinski definition) is 3. The summed E-state index contributed by atoms with van der Waals surface area (Å²) in [5.41, 5.74) is 0.928. The molecule has 0 saturated carbocycles. The minimum atomic E-state index is -4.27. The van der Waals surface area contributed by atoms with Crippen LogP contribution >= 0.6 is 15.9 Å². The average molecular weight is 549 g/mol. The van der Waals surface area contributed by atoms with Gasteiger partial charge >= 0.3 is 0 Å². The number of hydrogen-bond donors (Lipinski definition) is 0. The lowest BCUT2D eigenvalue weighted by Gasteiger charge is -2.39. The molecule has 0 unspecified atom stereocenters. The van der Waals surface area contributed by atoms with Crippen LogP contribution in [0.3, 0.4) is 0 Å². The average Bonchev–Trinajstić information content (AvgIpc) is 2.78. The van der Waals surface area contributed by atoms with Gasteiger partial charge in [-0.25, -0.2) is 8.42 Å². The number of unbranched alkanes of at least 4 members (excludes halogenated alkanes) is 8. The van der Waals surface area contributed by atoms with E-state index in [0.29, 0.717) is 0 Å². The fraction of sp³-hybridized carbons (Fsp3) is 0.778. The lowest BCUT2D eigenvalue weighted by atomic mass is 10.1. The van der Waals surface area contributed by atoms with E-state index in [2.05, 4.69) is 36.7 Å². The van der Waals surface area contributed by atoms with E-state index >= 15 is 0 Å². The van der Waals surface area contributed by atoms with E-state index in [-0.39, 0.29) is 4.90 Å². The fourth-order valence-electron chi connectivity index (χ4n) is 4.16. The highest BCUT2D eigenvalue weighted by Gasteiger charge is 2.25. The molecule has 1 aromatic rings. The predicted molar refractivity (Wildman–Crippen MR) is 145 cm³/mol. The lowest BCUT2D eigenvalue weighted by Crippen LogP contribution is -2.50. The van der Waals surface area contributed by atoms with Crippen molar-refractivity contribution < 1.29 is 17.5 Å². The molecule has 0 N–H and O–H groups in total. The number of benzene rings is 1. The molecule has 0 saturated heterocycles. The molecule has 0 aliphatic heterocycles. The first-order valence-corrected chi connectivity index (χ1v) is 15.7. The SMILES string of the molecule is CCCCCC[N+](CCCC)(CCCCBr)CCCCCC.Cc1ccc(S(=O)(=O)[O-])cc1. The maximum absolute atomic E-state index is 10.4. The number of aryl methyl sites for hydroxylation is 1. The van der Waals surface area contributed by atoms with Crippen molar-refractivity contribution in [3.05, 3.63) is 29.8 Å². The van der Waals surface area contributed by atoms with Crippen molar-refractivity contribution >= 4 is 26.0 Å². The van der Waals surface area contributed by atoms with Crippen LogP contribution in [0.5, 0.6) is 0 Å². The van der Waals surface area contributed by atoms with E-state index in [1.165, 1.54) is 125 Å². The first-order valence-electron chi connectivity index (χ1n) is 13.2. The van der Waals surface area contributed by atoms with Gasteiger partial charge in [-0.3, -0.25) is 0 Å². The second-order valence-electron chi connectivity index (χ2n) is 9.37. The Bertz CT molecular complexity index is 665. The van der Waals surface area contributed by atoms with Crippen LogP contribution in [-0.2, 0) is 10.1 Å². The molecule has 0 aromatic heterocycles. The highest BCUT2D eigenvalue weighted by Crippen LogP contribution is 2.18. The van der Waals surface area contributed by atoms with Crippen LogP contribution in [0.15, 0.2) is 29.2 Å². The van der Waals surface area contributed by atoms with Crippen molar-refractivity contribution in [1.82, 2.24) is 0 Å². The molecule has 0 amide bonds. The van der Waals surface area contributed by atoms with Gasteiger partial charge in [0.15, 0.2) is 0 Å². The highest BCUT2D eigenvalue weighted by molar-refractivity contribution is 9.09. The second-order valence-corrected chi connectivity index (χ2v) is 11.5. The molecule has 33 heavy (non-hydrogen) atoms. The van der Waals surface area contributed by atoms with Gasteiger partial charge in [-0.2, -0.15) is 0 Å². The highest BCUT2D eigenvalue weighted by atomic mass is 79.9. The maximum atomic E-state index is 10.4. The van der Waals surface area contributed by atoms with Crippen molar-refractivity contribution in [1.29, 1.82) is 0 Å². The topological polar surface area (TPSA) is 57.2 Å². The summed E-state index contributed by atoms with van der Waals surface area (Å²) in [5.74, 6) is 0. The monoisotopic (exact) mass is 547 g/mol. The predicted octanol–water partition coefficient (Wildman–Crippen LogP) is 7.84. The van der Waals surface area contributed by atoms with Gasteiger partial charge in [-0.1, -0.05) is 86.5 Å². The molecule has 4 nitrogen and oxygen atoms in total. The Kier molecular flexibility index (Phi) is 19.6. The first-order chi connectivity index (χ1) is 15.7. The summed E-state index contributed by atoms with van der Waals surface area (Å²) >= 11 is 3.61. The van der Waals surface area contributed by atoms with Crippen molar-refractivity contribution in [3.8, 4) is 0 Å². The molecule has 0 bridgehead atoms. The van der Waals surface area contributed by atoms with Gasteiger partial charge in [0.25, 0.3) is 0 Å². The third kappa shape index (κ3) is 16.8. The van der Waals surface area contributed by atoms with Crippen molar-refractivity contribution in [3.63, 3.8) is 0 Å². The van der Waals surface area contributed by atoms with Gasteiger partial charge in [0, 0.05) is 5.33 Å². The summed E-state index contributed by atoms with van der Waals surface area (Å²) < 4.78 is 32.6. The van der Waals surface area contributed by atoms with Gasteiger partial charge in [0.1, 0.15) is 10.1 Å². The minimum absolute atomic E-state index is 0.178. The van der Waals surface area contributed by atoms with Gasteiger partial charge in [-0.05, 0) is 64.0 Å². The smallest absolute Gasteiger partial charge is 0.124 e. The molecule has 0 radical (unpaired) electrons. The summed E-state index contributed by atoms with van der Waals surface area (Å²) in [4.78, 5) is -0.178. The Morgan fingerprint density at radius 1 is 0.697 bits per heavy atom. The van der Waals surface area contributed by atoms with Gasteiger partial charge in [0.05, 0.1) is 31.1 Å². The zero-order valence-electron chi connectivity index (χ0n) is 21.8. The van der Waals surface area contributed by atoms with E-state index in [4.69, 9.17) is 0 Å². The Hall–Kier alpha value is -0.430. The molecular formula is C27H50BrNO3S. The van der Waals surface area contributed by atoms with E-state index < -0.39 is 10.1 Å². The normalized spacial score (nSPS) is 11.8. The first kappa shape index (κ1) is 32.6. The standard InChI is InChI=1S/C20H43BrN.C7H8O3S/c1-4-7-10-13-18-22(17-9-6-3,20-15-12-16-21)19-14-11-8-5-2;1-6-2-4-7(5-3-6)11(8,9)10/h4-20H2,1-3H3;2-5H,1H3,(H,8,9,10)/q+1;/p-1. The molecule has 0 fully saturated rings. The largest absolute Gasteiger partial charge is 0.744 e. The van der Waals surface area contributed by atoms with Crippen LogP contribution in [0.25, 0.3) is 0 Å². The van der Waals surface area contributed by atoms with Crippen LogP contribution in [0.4, 0.5) is 0 Å². The van der Waals surface area contributed by atoms with Crippen LogP contribution in [-0.4, -0.2) is 49.0 Å². The van der Waals surface area contributed by atoms with Crippen molar-refractivity contribution in [2.45, 2.75) is 110 Å². The summed E-state index contributed by atoms with van der Waals surface area (Å²) in [6.45, 7) is 14.5. The Balaban J connectivity index is 0.000000771. The van der Waals surface area contributed by atoms with E-state index in [0.717, 1.165) is 5.56 Å². The molecule has 0 atom stereocenters. The molecule has 1 rings (SSSR count). The summed E-state index contributed by atoms with van der Waals surface area (Å²) in [5, 5.41) is 1.17. The summed E-state index contributed by atoms with van der Waals surface area (Å²) in [6.07, 6.45) is 16.8. The molecule has 1 aromatic carbocycles. The Morgan fingerprint density at radius 3 is 1.52 bits per heavy atom. The molecule has 0 spiro atoms. The number of halogens is 1. The molecule has 6 heteroatoms. The second kappa shape index (κ2) is 19.8. The Morgan fingerprint density at radius 2 is 1.12 bits per heavy atom. The summed E-state index contributed by atoms with van der Waals surface area (Å²) in [6, 6.07) is 5.78. The molecule has 0 aliphatic rings. The zero-order valence-corrected chi connectivity index (χ0v) is 24.2. The number of alkyl halides is 1. The van der Waals surface area contributed by atoms with Crippen molar-refractivity contribution in [2.75, 3.05) is 31.5 Å². The molecular weight excluding hydrogens is 498 g/mol. The Labute approximate surface area is 214 Å². The molecule has 0 heterocycles. The van der Waals surface area contributed by atoms with Crippen LogP contribution in [0.2, 0.25) is 0 Å². The van der Waals surface area contributed by atoms with E-state index in [9.17, 15) is 13.0 Å². The van der Waals surface area contributed by atoms with E-state index in [1.54, 1.807) is 12.1 Å². The number of nitrogens with zero attached hydrogens (tertiary/aromatic N) is 1. The van der Waals surface area contributed by atoms with Crippen LogP contribution in [0.1, 0.15) is 103 Å². The quantitative estimate of drug-likeness (QED) is 0.0813. The summed E-state index contributed by atoms with van der Waals surface area (Å²) in [7, 11) is -4.27. The third-order valence-corrected chi connectivity index (χ3v) is 7.69. The molecule has 194 valence electrons. The number of quaternary nitrogens is 1.